The predicted octanol–water partition coefficient (Wildman–Crippen LogP) is 1.19. The fraction of sp³-hybridized carbons (Fsp3) is 0.875. The Bertz CT molecular complexity index is 123. The van der Waals surface area contributed by atoms with E-state index in [0.29, 0.717) is 0 Å². The lowest BCUT2D eigenvalue weighted by Gasteiger charge is -2.19. The van der Waals surface area contributed by atoms with Crippen LogP contribution in [0.25, 0.3) is 0 Å². The minimum atomic E-state index is -0.719. The van der Waals surface area contributed by atoms with Gasteiger partial charge in [-0.05, 0) is 20.5 Å². The van der Waals surface area contributed by atoms with Crippen molar-refractivity contribution >= 4 is 5.97 Å². The van der Waals surface area contributed by atoms with Crippen LogP contribution >= 0.6 is 0 Å². The molecule has 0 spiro atoms. The highest BCUT2D eigenvalue weighted by atomic mass is 16.4. The second-order valence-corrected chi connectivity index (χ2v) is 2.96. The van der Waals surface area contributed by atoms with Crippen molar-refractivity contribution in [2.75, 3.05) is 14.1 Å². The van der Waals surface area contributed by atoms with Gasteiger partial charge in [-0.15, -0.1) is 0 Å². The molecule has 1 atom stereocenters. The van der Waals surface area contributed by atoms with Crippen molar-refractivity contribution in [2.45, 2.75) is 32.2 Å². The summed E-state index contributed by atoms with van der Waals surface area (Å²) in [6.45, 7) is 2.06. The minimum Gasteiger partial charge on any atom is -0.480 e. The molecule has 0 aromatic heterocycles. The summed E-state index contributed by atoms with van der Waals surface area (Å²) >= 11 is 0. The number of unbranched alkanes of at least 4 members (excludes halogenated alkanes) is 1. The highest BCUT2D eigenvalue weighted by Gasteiger charge is 2.17. The number of hydrogen-bond acceptors (Lipinski definition) is 2. The SMILES string of the molecule is CCCCC(C(=O)O)N(C)C. The molecule has 66 valence electrons. The topological polar surface area (TPSA) is 40.5 Å². The molecule has 0 aliphatic rings. The van der Waals surface area contributed by atoms with Gasteiger partial charge in [-0.1, -0.05) is 19.8 Å². The molecule has 0 fully saturated rings. The normalized spacial score (nSPS) is 13.5. The van der Waals surface area contributed by atoms with Gasteiger partial charge in [0.2, 0.25) is 0 Å². The fourth-order valence-corrected chi connectivity index (χ4v) is 1.00. The Morgan fingerprint density at radius 1 is 1.55 bits per heavy atom. The summed E-state index contributed by atoms with van der Waals surface area (Å²) in [5.74, 6) is -0.719. The number of carbonyl (C=O) groups is 1. The standard InChI is InChI=1S/C8H17NO2/c1-4-5-6-7(8(10)11)9(2)3/h7H,4-6H2,1-3H3,(H,10,11). The molecule has 11 heavy (non-hydrogen) atoms. The van der Waals surface area contributed by atoms with Crippen molar-refractivity contribution in [1.82, 2.24) is 4.90 Å². The lowest BCUT2D eigenvalue weighted by atomic mass is 10.1. The van der Waals surface area contributed by atoms with E-state index in [9.17, 15) is 4.79 Å². The molecule has 0 aromatic carbocycles. The molecule has 0 aliphatic heterocycles. The summed E-state index contributed by atoms with van der Waals surface area (Å²) in [4.78, 5) is 12.4. The van der Waals surface area contributed by atoms with Crippen LogP contribution in [-0.4, -0.2) is 36.1 Å². The van der Waals surface area contributed by atoms with E-state index in [0.717, 1.165) is 19.3 Å². The van der Waals surface area contributed by atoms with Crippen LogP contribution in [-0.2, 0) is 4.79 Å². The number of likely N-dealkylation sites (N-methyl/N-ethyl adjacent to an activating group) is 1. The largest absolute Gasteiger partial charge is 0.480 e. The molecule has 0 amide bonds. The third-order valence-corrected chi connectivity index (χ3v) is 1.74. The maximum atomic E-state index is 10.6. The van der Waals surface area contributed by atoms with Crippen molar-refractivity contribution in [2.24, 2.45) is 0 Å². The highest BCUT2D eigenvalue weighted by Crippen LogP contribution is 2.05. The molecule has 1 unspecified atom stereocenters. The third-order valence-electron chi connectivity index (χ3n) is 1.74. The van der Waals surface area contributed by atoms with E-state index in [4.69, 9.17) is 5.11 Å². The van der Waals surface area contributed by atoms with Crippen LogP contribution in [0.2, 0.25) is 0 Å². The molecule has 3 nitrogen and oxygen atoms in total. The first-order valence-corrected chi connectivity index (χ1v) is 3.98. The van der Waals surface area contributed by atoms with Gasteiger partial charge >= 0.3 is 5.97 Å². The van der Waals surface area contributed by atoms with Crippen LogP contribution in [0.4, 0.5) is 0 Å². The Morgan fingerprint density at radius 2 is 2.09 bits per heavy atom. The first-order chi connectivity index (χ1) is 5.09. The number of carboxylic acids is 1. The number of carboxylic acid groups (broad SMARTS) is 1. The monoisotopic (exact) mass is 159 g/mol. The fourth-order valence-electron chi connectivity index (χ4n) is 1.00. The zero-order chi connectivity index (χ0) is 8.85. The van der Waals surface area contributed by atoms with Gasteiger partial charge < -0.3 is 5.11 Å². The molecule has 0 bridgehead atoms. The lowest BCUT2D eigenvalue weighted by molar-refractivity contribution is -0.142. The smallest absolute Gasteiger partial charge is 0.320 e. The molecule has 0 saturated carbocycles. The van der Waals surface area contributed by atoms with Crippen LogP contribution in [0.5, 0.6) is 0 Å². The van der Waals surface area contributed by atoms with Crippen LogP contribution in [0.1, 0.15) is 26.2 Å². The molecule has 0 saturated heterocycles. The van der Waals surface area contributed by atoms with Gasteiger partial charge in [0, 0.05) is 0 Å². The number of hydrogen-bond donors (Lipinski definition) is 1. The summed E-state index contributed by atoms with van der Waals surface area (Å²) < 4.78 is 0. The second-order valence-electron chi connectivity index (χ2n) is 2.96. The van der Waals surface area contributed by atoms with Crippen molar-refractivity contribution in [1.29, 1.82) is 0 Å². The molecule has 0 radical (unpaired) electrons. The summed E-state index contributed by atoms with van der Waals surface area (Å²) in [5, 5.41) is 8.73. The Balaban J connectivity index is 3.80. The summed E-state index contributed by atoms with van der Waals surface area (Å²) in [5.41, 5.74) is 0. The van der Waals surface area contributed by atoms with E-state index in [1.807, 2.05) is 0 Å². The Kier molecular flexibility index (Phi) is 4.86. The van der Waals surface area contributed by atoms with Crippen molar-refractivity contribution < 1.29 is 9.90 Å². The summed E-state index contributed by atoms with van der Waals surface area (Å²) in [6, 6.07) is -0.310. The zero-order valence-electron chi connectivity index (χ0n) is 7.50. The average molecular weight is 159 g/mol. The molecular weight excluding hydrogens is 142 g/mol. The maximum Gasteiger partial charge on any atom is 0.320 e. The molecule has 3 heteroatoms. The van der Waals surface area contributed by atoms with E-state index >= 15 is 0 Å². The third kappa shape index (κ3) is 3.98. The van der Waals surface area contributed by atoms with Crippen molar-refractivity contribution in [3.8, 4) is 0 Å². The van der Waals surface area contributed by atoms with Gasteiger partial charge in [-0.25, -0.2) is 0 Å². The number of rotatable bonds is 5. The van der Waals surface area contributed by atoms with E-state index < -0.39 is 5.97 Å². The van der Waals surface area contributed by atoms with E-state index in [-0.39, 0.29) is 6.04 Å². The minimum absolute atomic E-state index is 0.310. The van der Waals surface area contributed by atoms with Crippen LogP contribution < -0.4 is 0 Å². The molecular formula is C8H17NO2. The second kappa shape index (κ2) is 5.13. The highest BCUT2D eigenvalue weighted by molar-refractivity contribution is 5.73. The number of nitrogens with zero attached hydrogens (tertiary/aromatic N) is 1. The molecule has 0 rings (SSSR count). The quantitative estimate of drug-likeness (QED) is 0.655. The average Bonchev–Trinajstić information content (AvgIpc) is 1.87. The summed E-state index contributed by atoms with van der Waals surface area (Å²) in [7, 11) is 3.60. The van der Waals surface area contributed by atoms with Gasteiger partial charge in [0.1, 0.15) is 6.04 Å². The van der Waals surface area contributed by atoms with Crippen LogP contribution in [0.3, 0.4) is 0 Å². The van der Waals surface area contributed by atoms with Crippen molar-refractivity contribution in [3.63, 3.8) is 0 Å². The van der Waals surface area contributed by atoms with Gasteiger partial charge in [0.25, 0.3) is 0 Å². The van der Waals surface area contributed by atoms with E-state index in [2.05, 4.69) is 6.92 Å². The Labute approximate surface area is 68.0 Å². The van der Waals surface area contributed by atoms with Gasteiger partial charge in [0.05, 0.1) is 0 Å². The summed E-state index contributed by atoms with van der Waals surface area (Å²) in [6.07, 6.45) is 2.78. The van der Waals surface area contributed by atoms with Crippen molar-refractivity contribution in [3.05, 3.63) is 0 Å². The Morgan fingerprint density at radius 3 is 2.36 bits per heavy atom. The van der Waals surface area contributed by atoms with Gasteiger partial charge in [-0.3, -0.25) is 9.69 Å². The zero-order valence-corrected chi connectivity index (χ0v) is 7.50. The first-order valence-electron chi connectivity index (χ1n) is 3.98. The molecule has 0 aliphatic carbocycles. The number of aliphatic carboxylic acids is 1. The van der Waals surface area contributed by atoms with Crippen LogP contribution in [0.15, 0.2) is 0 Å². The van der Waals surface area contributed by atoms with Gasteiger partial charge in [-0.2, -0.15) is 0 Å². The van der Waals surface area contributed by atoms with Crippen LogP contribution in [0, 0.1) is 0 Å². The van der Waals surface area contributed by atoms with E-state index in [1.165, 1.54) is 0 Å². The first kappa shape index (κ1) is 10.4. The lowest BCUT2D eigenvalue weighted by Crippen LogP contribution is -2.35. The molecule has 0 heterocycles. The molecule has 0 aromatic rings. The maximum absolute atomic E-state index is 10.6. The van der Waals surface area contributed by atoms with E-state index in [1.54, 1.807) is 19.0 Å². The Hall–Kier alpha value is -0.570. The van der Waals surface area contributed by atoms with Gasteiger partial charge in [0.15, 0.2) is 0 Å². The predicted molar refractivity (Wildman–Crippen MR) is 44.6 cm³/mol. The molecule has 1 N–H and O–H groups in total.